The Bertz CT molecular complexity index is 325. The molecule has 0 aliphatic carbocycles. The van der Waals surface area contributed by atoms with Crippen molar-refractivity contribution in [3.05, 3.63) is 33.8 Å². The van der Waals surface area contributed by atoms with E-state index in [-0.39, 0.29) is 0 Å². The van der Waals surface area contributed by atoms with Crippen molar-refractivity contribution in [2.45, 2.75) is 32.8 Å². The average molecular weight is 247 g/mol. The highest BCUT2D eigenvalue weighted by Gasteiger charge is 2.14. The van der Waals surface area contributed by atoms with Crippen LogP contribution < -0.4 is 0 Å². The van der Waals surface area contributed by atoms with Crippen molar-refractivity contribution in [2.75, 3.05) is 0 Å². The van der Waals surface area contributed by atoms with Gasteiger partial charge < -0.3 is 5.11 Å². The first kappa shape index (κ1) is 12.8. The van der Waals surface area contributed by atoms with Crippen LogP contribution in [0.5, 0.6) is 0 Å². The third-order valence-corrected chi connectivity index (χ3v) is 3.21. The van der Waals surface area contributed by atoms with Crippen LogP contribution in [0.3, 0.4) is 0 Å². The van der Waals surface area contributed by atoms with Crippen LogP contribution >= 0.6 is 23.2 Å². The van der Waals surface area contributed by atoms with Gasteiger partial charge in [0.05, 0.1) is 6.10 Å². The first-order valence-electron chi connectivity index (χ1n) is 5.17. The summed E-state index contributed by atoms with van der Waals surface area (Å²) in [7, 11) is 0. The quantitative estimate of drug-likeness (QED) is 0.832. The van der Waals surface area contributed by atoms with Gasteiger partial charge in [0.1, 0.15) is 0 Å². The zero-order valence-electron chi connectivity index (χ0n) is 9.00. The molecule has 84 valence electrons. The lowest BCUT2D eigenvalue weighted by atomic mass is 9.96. The molecule has 0 fully saturated rings. The molecule has 1 N–H and O–H groups in total. The summed E-state index contributed by atoms with van der Waals surface area (Å²) in [6, 6.07) is 5.21. The van der Waals surface area contributed by atoms with E-state index >= 15 is 0 Å². The SMILES string of the molecule is CCC(C)CC(O)c1ccc(Cl)cc1Cl. The number of hydrogen-bond donors (Lipinski definition) is 1. The number of benzene rings is 1. The molecule has 2 unspecified atom stereocenters. The number of halogens is 2. The first-order chi connectivity index (χ1) is 7.04. The third-order valence-electron chi connectivity index (χ3n) is 2.64. The van der Waals surface area contributed by atoms with Gasteiger partial charge in [0.25, 0.3) is 0 Å². The summed E-state index contributed by atoms with van der Waals surface area (Å²) in [4.78, 5) is 0. The maximum absolute atomic E-state index is 9.97. The predicted molar refractivity (Wildman–Crippen MR) is 65.5 cm³/mol. The van der Waals surface area contributed by atoms with Gasteiger partial charge in [0, 0.05) is 10.0 Å². The number of rotatable bonds is 4. The molecule has 0 bridgehead atoms. The molecule has 0 aliphatic rings. The van der Waals surface area contributed by atoms with Crippen LogP contribution in [0.2, 0.25) is 10.0 Å². The molecule has 1 aromatic rings. The van der Waals surface area contributed by atoms with Crippen molar-refractivity contribution in [1.29, 1.82) is 0 Å². The molecule has 0 spiro atoms. The summed E-state index contributed by atoms with van der Waals surface area (Å²) >= 11 is 11.8. The summed E-state index contributed by atoms with van der Waals surface area (Å²) in [5.74, 6) is 0.492. The minimum Gasteiger partial charge on any atom is -0.388 e. The van der Waals surface area contributed by atoms with Gasteiger partial charge in [-0.2, -0.15) is 0 Å². The lowest BCUT2D eigenvalue weighted by Gasteiger charge is -2.16. The topological polar surface area (TPSA) is 20.2 Å². The van der Waals surface area contributed by atoms with Crippen LogP contribution in [0.25, 0.3) is 0 Å². The van der Waals surface area contributed by atoms with E-state index in [1.807, 2.05) is 0 Å². The molecule has 0 radical (unpaired) electrons. The van der Waals surface area contributed by atoms with Crippen molar-refractivity contribution in [2.24, 2.45) is 5.92 Å². The second kappa shape index (κ2) is 5.74. The van der Waals surface area contributed by atoms with Gasteiger partial charge in [0.15, 0.2) is 0 Å². The van der Waals surface area contributed by atoms with E-state index in [0.717, 1.165) is 18.4 Å². The molecule has 0 aromatic heterocycles. The van der Waals surface area contributed by atoms with Gasteiger partial charge in [-0.25, -0.2) is 0 Å². The summed E-state index contributed by atoms with van der Waals surface area (Å²) in [5, 5.41) is 11.1. The van der Waals surface area contributed by atoms with E-state index in [9.17, 15) is 5.11 Å². The van der Waals surface area contributed by atoms with Gasteiger partial charge in [-0.1, -0.05) is 49.5 Å². The Hall–Kier alpha value is -0.240. The Balaban J connectivity index is 2.77. The minimum atomic E-state index is -0.496. The molecule has 1 aromatic carbocycles. The van der Waals surface area contributed by atoms with Crippen LogP contribution in [-0.4, -0.2) is 5.11 Å². The molecule has 0 aliphatic heterocycles. The highest BCUT2D eigenvalue weighted by molar-refractivity contribution is 6.35. The fraction of sp³-hybridized carbons (Fsp3) is 0.500. The average Bonchev–Trinajstić information content (AvgIpc) is 2.17. The Morgan fingerprint density at radius 2 is 2.00 bits per heavy atom. The summed E-state index contributed by atoms with van der Waals surface area (Å²) in [6.45, 7) is 4.23. The van der Waals surface area contributed by atoms with Crippen molar-refractivity contribution in [1.82, 2.24) is 0 Å². The molecule has 0 heterocycles. The van der Waals surface area contributed by atoms with Crippen molar-refractivity contribution < 1.29 is 5.11 Å². The largest absolute Gasteiger partial charge is 0.388 e. The molecule has 3 heteroatoms. The molecule has 2 atom stereocenters. The molecule has 0 saturated carbocycles. The monoisotopic (exact) mass is 246 g/mol. The number of hydrogen-bond acceptors (Lipinski definition) is 1. The molecule has 1 nitrogen and oxygen atoms in total. The molecular weight excluding hydrogens is 231 g/mol. The van der Waals surface area contributed by atoms with Crippen molar-refractivity contribution >= 4 is 23.2 Å². The molecular formula is C12H16Cl2O. The lowest BCUT2D eigenvalue weighted by Crippen LogP contribution is -2.04. The standard InChI is InChI=1S/C12H16Cl2O/c1-3-8(2)6-12(15)10-5-4-9(13)7-11(10)14/h4-5,7-8,12,15H,3,6H2,1-2H3. The summed E-state index contributed by atoms with van der Waals surface area (Å²) in [5.41, 5.74) is 0.765. The van der Waals surface area contributed by atoms with E-state index in [0.29, 0.717) is 16.0 Å². The van der Waals surface area contributed by atoms with E-state index in [1.54, 1.807) is 18.2 Å². The van der Waals surface area contributed by atoms with Crippen molar-refractivity contribution in [3.8, 4) is 0 Å². The predicted octanol–water partition coefficient (Wildman–Crippen LogP) is 4.46. The Kier molecular flexibility index (Phi) is 4.91. The number of aliphatic hydroxyl groups is 1. The van der Waals surface area contributed by atoms with Crippen LogP contribution in [0.15, 0.2) is 18.2 Å². The van der Waals surface area contributed by atoms with Crippen LogP contribution in [0.4, 0.5) is 0 Å². The smallest absolute Gasteiger partial charge is 0.0807 e. The van der Waals surface area contributed by atoms with Gasteiger partial charge in [0.2, 0.25) is 0 Å². The van der Waals surface area contributed by atoms with E-state index in [4.69, 9.17) is 23.2 Å². The van der Waals surface area contributed by atoms with Crippen LogP contribution in [0, 0.1) is 5.92 Å². The Labute approximate surface area is 101 Å². The molecule has 0 saturated heterocycles. The summed E-state index contributed by atoms with van der Waals surface area (Å²) < 4.78 is 0. The zero-order valence-corrected chi connectivity index (χ0v) is 10.5. The van der Waals surface area contributed by atoms with Gasteiger partial charge in [-0.3, -0.25) is 0 Å². The van der Waals surface area contributed by atoms with Gasteiger partial charge in [-0.05, 0) is 30.0 Å². The van der Waals surface area contributed by atoms with Gasteiger partial charge in [-0.15, -0.1) is 0 Å². The number of aliphatic hydroxyl groups excluding tert-OH is 1. The Morgan fingerprint density at radius 3 is 2.53 bits per heavy atom. The minimum absolute atomic E-state index is 0.492. The maximum Gasteiger partial charge on any atom is 0.0807 e. The van der Waals surface area contributed by atoms with E-state index < -0.39 is 6.10 Å². The first-order valence-corrected chi connectivity index (χ1v) is 5.93. The van der Waals surface area contributed by atoms with Crippen LogP contribution in [0.1, 0.15) is 38.4 Å². The highest BCUT2D eigenvalue weighted by Crippen LogP contribution is 2.30. The van der Waals surface area contributed by atoms with E-state index in [2.05, 4.69) is 13.8 Å². The maximum atomic E-state index is 9.97. The fourth-order valence-corrected chi connectivity index (χ4v) is 1.98. The lowest BCUT2D eigenvalue weighted by molar-refractivity contribution is 0.146. The van der Waals surface area contributed by atoms with Gasteiger partial charge >= 0.3 is 0 Å². The van der Waals surface area contributed by atoms with Crippen molar-refractivity contribution in [3.63, 3.8) is 0 Å². The highest BCUT2D eigenvalue weighted by atomic mass is 35.5. The summed E-state index contributed by atoms with van der Waals surface area (Å²) in [6.07, 6.45) is 1.30. The third kappa shape index (κ3) is 3.67. The molecule has 15 heavy (non-hydrogen) atoms. The van der Waals surface area contributed by atoms with Crippen LogP contribution in [-0.2, 0) is 0 Å². The normalized spacial score (nSPS) is 15.0. The Morgan fingerprint density at radius 1 is 1.33 bits per heavy atom. The second-order valence-corrected chi connectivity index (χ2v) is 4.77. The fourth-order valence-electron chi connectivity index (χ4n) is 1.45. The second-order valence-electron chi connectivity index (χ2n) is 3.93. The molecule has 1 rings (SSSR count). The zero-order chi connectivity index (χ0) is 11.4. The van der Waals surface area contributed by atoms with E-state index in [1.165, 1.54) is 0 Å². The molecule has 0 amide bonds.